The fraction of sp³-hybridized carbons (Fsp3) is 0.192. The van der Waals surface area contributed by atoms with E-state index in [-0.39, 0.29) is 5.56 Å². The number of aromatic nitrogens is 6. The van der Waals surface area contributed by atoms with Gasteiger partial charge in [-0.3, -0.25) is 4.79 Å². The Hall–Kier alpha value is -4.48. The van der Waals surface area contributed by atoms with E-state index in [4.69, 9.17) is 16.3 Å². The lowest BCUT2D eigenvalue weighted by molar-refractivity contribution is 0.0595. The summed E-state index contributed by atoms with van der Waals surface area (Å²) in [6.45, 7) is 0. The minimum atomic E-state index is -1.01. The van der Waals surface area contributed by atoms with Crippen LogP contribution in [0.15, 0.2) is 65.7 Å². The van der Waals surface area contributed by atoms with Gasteiger partial charge in [0.05, 0.1) is 18.8 Å². The Morgan fingerprint density at radius 1 is 1.21 bits per heavy atom. The number of aryl methyl sites for hydroxylation is 1. The average molecular weight is 532 g/mol. The second-order valence-electron chi connectivity index (χ2n) is 9.03. The number of hydrogen-bond donors (Lipinski definition) is 3. The van der Waals surface area contributed by atoms with E-state index in [0.717, 1.165) is 22.2 Å². The van der Waals surface area contributed by atoms with E-state index in [1.54, 1.807) is 34.9 Å². The first-order chi connectivity index (χ1) is 18.4. The summed E-state index contributed by atoms with van der Waals surface area (Å²) in [6.07, 6.45) is 1.67. The van der Waals surface area contributed by atoms with Crippen LogP contribution in [0, 0.1) is 0 Å². The minimum absolute atomic E-state index is 0.229. The van der Waals surface area contributed by atoms with E-state index in [0.29, 0.717) is 40.5 Å². The quantitative estimate of drug-likeness (QED) is 0.224. The fourth-order valence-corrected chi connectivity index (χ4v) is 5.18. The van der Waals surface area contributed by atoms with Crippen LogP contribution in [0.5, 0.6) is 0 Å². The number of hydrogen-bond acceptors (Lipinski definition) is 8. The van der Waals surface area contributed by atoms with Crippen molar-refractivity contribution in [1.29, 1.82) is 0 Å². The van der Waals surface area contributed by atoms with Crippen LogP contribution in [0.4, 0.5) is 5.69 Å². The Morgan fingerprint density at radius 3 is 2.87 bits per heavy atom. The van der Waals surface area contributed by atoms with E-state index in [9.17, 15) is 14.7 Å². The minimum Gasteiger partial charge on any atom is -0.464 e. The monoisotopic (exact) mass is 531 g/mol. The van der Waals surface area contributed by atoms with Gasteiger partial charge in [-0.25, -0.2) is 4.79 Å². The van der Waals surface area contributed by atoms with Gasteiger partial charge in [0.25, 0.3) is 5.56 Å². The molecule has 3 aromatic heterocycles. The van der Waals surface area contributed by atoms with Crippen molar-refractivity contribution in [3.63, 3.8) is 0 Å². The number of halogens is 1. The van der Waals surface area contributed by atoms with Gasteiger partial charge in [-0.05, 0) is 77.4 Å². The number of aliphatic hydroxyl groups is 1. The van der Waals surface area contributed by atoms with E-state index < -0.39 is 18.2 Å². The molecule has 192 valence electrons. The number of benzene rings is 2. The molecule has 38 heavy (non-hydrogen) atoms. The number of nitrogens with one attached hydrogen (secondary N) is 2. The number of aliphatic hydroxyl groups excluding tert-OH is 1. The Balaban J connectivity index is 1.29. The van der Waals surface area contributed by atoms with Crippen molar-refractivity contribution < 1.29 is 14.6 Å². The van der Waals surface area contributed by atoms with Crippen molar-refractivity contribution >= 4 is 34.2 Å². The molecule has 0 spiro atoms. The average Bonchev–Trinajstić information content (AvgIpc) is 3.67. The van der Waals surface area contributed by atoms with Crippen molar-refractivity contribution in [2.45, 2.75) is 25.1 Å². The summed E-state index contributed by atoms with van der Waals surface area (Å²) in [5, 5.41) is 26.9. The third-order valence-electron chi connectivity index (χ3n) is 6.75. The zero-order chi connectivity index (χ0) is 26.4. The zero-order valence-corrected chi connectivity index (χ0v) is 20.9. The van der Waals surface area contributed by atoms with Gasteiger partial charge in [-0.15, -0.1) is 5.10 Å². The van der Waals surface area contributed by atoms with Crippen LogP contribution in [0.2, 0.25) is 5.02 Å². The number of pyridine rings is 1. The first-order valence-corrected chi connectivity index (χ1v) is 12.2. The van der Waals surface area contributed by atoms with Crippen LogP contribution in [0.3, 0.4) is 0 Å². The van der Waals surface area contributed by atoms with E-state index >= 15 is 0 Å². The molecule has 12 heteroatoms. The predicted octanol–water partition coefficient (Wildman–Crippen LogP) is 3.33. The van der Waals surface area contributed by atoms with Gasteiger partial charge in [0.1, 0.15) is 18.2 Å². The van der Waals surface area contributed by atoms with Crippen molar-refractivity contribution in [2.24, 2.45) is 0 Å². The van der Waals surface area contributed by atoms with Crippen LogP contribution in [0.25, 0.3) is 27.7 Å². The molecule has 1 aliphatic heterocycles. The molecule has 3 N–H and O–H groups in total. The van der Waals surface area contributed by atoms with Crippen LogP contribution in [-0.2, 0) is 11.2 Å². The maximum Gasteiger partial charge on any atom is 0.354 e. The van der Waals surface area contributed by atoms with E-state index in [1.807, 2.05) is 18.2 Å². The first-order valence-electron chi connectivity index (χ1n) is 11.9. The van der Waals surface area contributed by atoms with Crippen molar-refractivity contribution in [3.8, 4) is 16.8 Å². The molecule has 2 atom stereocenters. The molecule has 0 saturated heterocycles. The highest BCUT2D eigenvalue weighted by molar-refractivity contribution is 6.31. The van der Waals surface area contributed by atoms with Crippen molar-refractivity contribution in [3.05, 3.63) is 87.7 Å². The highest BCUT2D eigenvalue weighted by Crippen LogP contribution is 2.33. The number of tetrazole rings is 1. The smallest absolute Gasteiger partial charge is 0.354 e. The summed E-state index contributed by atoms with van der Waals surface area (Å²) >= 11 is 6.28. The number of H-pyrrole nitrogens is 1. The van der Waals surface area contributed by atoms with Gasteiger partial charge in [0, 0.05) is 38.9 Å². The topological polar surface area (TPSA) is 140 Å². The van der Waals surface area contributed by atoms with Crippen LogP contribution in [0.1, 0.15) is 28.6 Å². The zero-order valence-electron chi connectivity index (χ0n) is 20.1. The number of esters is 1. The van der Waals surface area contributed by atoms with Gasteiger partial charge in [0.15, 0.2) is 0 Å². The summed E-state index contributed by atoms with van der Waals surface area (Å²) < 4.78 is 7.91. The summed E-state index contributed by atoms with van der Waals surface area (Å²) in [5.74, 6) is -0.458. The highest BCUT2D eigenvalue weighted by atomic mass is 35.5. The summed E-state index contributed by atoms with van der Waals surface area (Å²) in [6, 6.07) is 15.4. The molecule has 0 aliphatic carbocycles. The molecule has 11 nitrogen and oxygen atoms in total. The molecule has 6 rings (SSSR count). The maximum absolute atomic E-state index is 13.3. The molecular formula is C26H22ClN7O4. The van der Waals surface area contributed by atoms with E-state index in [1.165, 1.54) is 24.2 Å². The number of rotatable bonds is 6. The largest absolute Gasteiger partial charge is 0.464 e. The molecule has 0 bridgehead atoms. The molecule has 0 saturated carbocycles. The molecule has 5 aromatic rings. The summed E-state index contributed by atoms with van der Waals surface area (Å²) in [5.41, 5.74) is 4.45. The number of ether oxygens (including phenoxy) is 1. The van der Waals surface area contributed by atoms with Crippen molar-refractivity contribution in [1.82, 2.24) is 29.8 Å². The fourth-order valence-electron chi connectivity index (χ4n) is 5.00. The number of aromatic amines is 1. The third kappa shape index (κ3) is 4.21. The number of anilines is 1. The van der Waals surface area contributed by atoms with Gasteiger partial charge in [-0.1, -0.05) is 11.6 Å². The predicted molar refractivity (Wildman–Crippen MR) is 140 cm³/mol. The summed E-state index contributed by atoms with van der Waals surface area (Å²) in [7, 11) is 1.32. The Morgan fingerprint density at radius 2 is 2.08 bits per heavy atom. The molecular weight excluding hydrogens is 510 g/mol. The lowest BCUT2D eigenvalue weighted by Crippen LogP contribution is -2.34. The molecule has 0 fully saturated rings. The molecule has 1 aliphatic rings. The first kappa shape index (κ1) is 23.9. The standard InChI is InChI=1S/C26H22ClN7O4/c1-38-26(37)21-10-15-8-17(3-5-20(15)30-21)29-25(36)23-7-4-18-9-14(11-24(35)34(18)23)19-12-16(27)2-6-22(19)33-13-28-31-32-33/h2-3,5-6,8-13,23,25,29-30,36H,4,7H2,1H3/t23-,25?/m0/s1. The molecule has 0 amide bonds. The number of methoxy groups -OCH3 is 1. The number of fused-ring (bicyclic) bond motifs is 2. The van der Waals surface area contributed by atoms with Gasteiger partial charge < -0.3 is 24.7 Å². The van der Waals surface area contributed by atoms with Gasteiger partial charge >= 0.3 is 5.97 Å². The SMILES string of the molecule is COC(=O)c1cc2cc(NC(O)[C@@H]3CCc4cc(-c5cc(Cl)ccc5-n5cnnn5)cc(=O)n43)ccc2[nH]1. The number of carbonyl (C=O) groups excluding carboxylic acids is 1. The van der Waals surface area contributed by atoms with Gasteiger partial charge in [-0.2, -0.15) is 4.68 Å². The number of carbonyl (C=O) groups is 1. The van der Waals surface area contributed by atoms with Crippen LogP contribution in [-0.4, -0.2) is 54.2 Å². The second-order valence-corrected chi connectivity index (χ2v) is 9.47. The maximum atomic E-state index is 13.3. The highest BCUT2D eigenvalue weighted by Gasteiger charge is 2.30. The normalized spacial score (nSPS) is 15.4. The molecule has 1 unspecified atom stereocenters. The summed E-state index contributed by atoms with van der Waals surface area (Å²) in [4.78, 5) is 28.1. The molecule has 2 aromatic carbocycles. The lowest BCUT2D eigenvalue weighted by Gasteiger charge is -2.23. The molecule has 4 heterocycles. The third-order valence-corrected chi connectivity index (χ3v) is 6.98. The van der Waals surface area contributed by atoms with Crippen molar-refractivity contribution in [2.75, 3.05) is 12.4 Å². The molecule has 0 radical (unpaired) electrons. The van der Waals surface area contributed by atoms with Crippen LogP contribution >= 0.6 is 11.6 Å². The Kier molecular flexibility index (Phi) is 5.93. The Bertz CT molecular complexity index is 1730. The lowest BCUT2D eigenvalue weighted by atomic mass is 10.0. The Labute approximate surface area is 220 Å². The van der Waals surface area contributed by atoms with E-state index in [2.05, 4.69) is 25.8 Å². The second kappa shape index (κ2) is 9.43. The van der Waals surface area contributed by atoms with Crippen LogP contribution < -0.4 is 10.9 Å². The number of nitrogens with zero attached hydrogens (tertiary/aromatic N) is 5. The van der Waals surface area contributed by atoms with Gasteiger partial charge in [0.2, 0.25) is 0 Å².